The first-order chi connectivity index (χ1) is 11.7. The lowest BCUT2D eigenvalue weighted by molar-refractivity contribution is -0.119. The lowest BCUT2D eigenvalue weighted by atomic mass is 10.2. The van der Waals surface area contributed by atoms with Gasteiger partial charge in [0.05, 0.1) is 12.7 Å². The molecule has 0 unspecified atom stereocenters. The molecule has 0 radical (unpaired) electrons. The predicted octanol–water partition coefficient (Wildman–Crippen LogP) is 3.82. The second kappa shape index (κ2) is 7.59. The molecule has 0 atom stereocenters. The van der Waals surface area contributed by atoms with Crippen LogP contribution in [-0.4, -0.2) is 15.7 Å². The molecule has 3 rings (SSSR count). The fourth-order valence-corrected chi connectivity index (χ4v) is 2.63. The highest BCUT2D eigenvalue weighted by atomic mass is 16.2. The van der Waals surface area contributed by atoms with E-state index in [4.69, 9.17) is 0 Å². The number of hydrogen-bond donors (Lipinski definition) is 0. The van der Waals surface area contributed by atoms with Crippen LogP contribution in [0.5, 0.6) is 0 Å². The van der Waals surface area contributed by atoms with Gasteiger partial charge in [-0.2, -0.15) is 5.10 Å². The van der Waals surface area contributed by atoms with Gasteiger partial charge in [0.15, 0.2) is 0 Å². The largest absolute Gasteiger partial charge is 0.308 e. The summed E-state index contributed by atoms with van der Waals surface area (Å²) in [4.78, 5) is 14.7. The number of aromatic nitrogens is 2. The van der Waals surface area contributed by atoms with Crippen molar-refractivity contribution >= 4 is 11.6 Å². The SMILES string of the molecule is Cc1cnn(CCC(=O)N(Cc2ccccc2)c2ccccc2)c1. The number of amides is 1. The maximum absolute atomic E-state index is 12.8. The molecular formula is C20H21N3O. The second-order valence-corrected chi connectivity index (χ2v) is 5.83. The molecule has 1 heterocycles. The Hall–Kier alpha value is -2.88. The van der Waals surface area contributed by atoms with E-state index in [2.05, 4.69) is 5.10 Å². The zero-order chi connectivity index (χ0) is 16.8. The van der Waals surface area contributed by atoms with Crippen molar-refractivity contribution in [3.8, 4) is 0 Å². The van der Waals surface area contributed by atoms with E-state index in [-0.39, 0.29) is 5.91 Å². The summed E-state index contributed by atoms with van der Waals surface area (Å²) in [5.41, 5.74) is 3.14. The lowest BCUT2D eigenvalue weighted by Crippen LogP contribution is -2.31. The fourth-order valence-electron chi connectivity index (χ4n) is 2.63. The molecular weight excluding hydrogens is 298 g/mol. The average Bonchev–Trinajstić information content (AvgIpc) is 3.04. The van der Waals surface area contributed by atoms with Gasteiger partial charge in [-0.25, -0.2) is 0 Å². The van der Waals surface area contributed by atoms with Crippen LogP contribution in [0.4, 0.5) is 5.69 Å². The quantitative estimate of drug-likeness (QED) is 0.693. The van der Waals surface area contributed by atoms with Crippen LogP contribution in [0.3, 0.4) is 0 Å². The lowest BCUT2D eigenvalue weighted by Gasteiger charge is -2.23. The van der Waals surface area contributed by atoms with E-state index in [0.717, 1.165) is 16.8 Å². The maximum Gasteiger partial charge on any atom is 0.229 e. The Balaban J connectivity index is 1.74. The summed E-state index contributed by atoms with van der Waals surface area (Å²) in [7, 11) is 0. The van der Waals surface area contributed by atoms with Gasteiger partial charge in [-0.1, -0.05) is 48.5 Å². The maximum atomic E-state index is 12.8. The monoisotopic (exact) mass is 319 g/mol. The summed E-state index contributed by atoms with van der Waals surface area (Å²) in [5.74, 6) is 0.0956. The zero-order valence-electron chi connectivity index (χ0n) is 13.8. The van der Waals surface area contributed by atoms with Crippen LogP contribution in [0.15, 0.2) is 73.1 Å². The van der Waals surface area contributed by atoms with E-state index in [1.165, 1.54) is 0 Å². The normalized spacial score (nSPS) is 10.5. The standard InChI is InChI=1S/C20H21N3O/c1-17-14-21-22(15-17)13-12-20(24)23(19-10-6-3-7-11-19)16-18-8-4-2-5-9-18/h2-11,14-15H,12-13,16H2,1H3. The van der Waals surface area contributed by atoms with Crippen molar-refractivity contribution in [3.63, 3.8) is 0 Å². The van der Waals surface area contributed by atoms with Gasteiger partial charge in [-0.3, -0.25) is 9.48 Å². The third-order valence-electron chi connectivity index (χ3n) is 3.87. The van der Waals surface area contributed by atoms with Gasteiger partial charge in [0.25, 0.3) is 0 Å². The van der Waals surface area contributed by atoms with E-state index < -0.39 is 0 Å². The topological polar surface area (TPSA) is 38.1 Å². The van der Waals surface area contributed by atoms with Crippen LogP contribution in [0.1, 0.15) is 17.5 Å². The Bertz CT molecular complexity index is 781. The van der Waals surface area contributed by atoms with E-state index in [1.54, 1.807) is 0 Å². The van der Waals surface area contributed by atoms with Gasteiger partial charge in [-0.15, -0.1) is 0 Å². The molecule has 0 fully saturated rings. The Morgan fingerprint density at radius 2 is 1.71 bits per heavy atom. The highest BCUT2D eigenvalue weighted by molar-refractivity contribution is 5.93. The van der Waals surface area contributed by atoms with Gasteiger partial charge in [-0.05, 0) is 30.2 Å². The van der Waals surface area contributed by atoms with Gasteiger partial charge >= 0.3 is 0 Å². The summed E-state index contributed by atoms with van der Waals surface area (Å²) in [6.07, 6.45) is 4.18. The van der Waals surface area contributed by atoms with Crippen molar-refractivity contribution in [2.45, 2.75) is 26.4 Å². The van der Waals surface area contributed by atoms with Crippen LogP contribution in [0.2, 0.25) is 0 Å². The van der Waals surface area contributed by atoms with Crippen LogP contribution >= 0.6 is 0 Å². The first-order valence-corrected chi connectivity index (χ1v) is 8.11. The Labute approximate surface area is 142 Å². The third-order valence-corrected chi connectivity index (χ3v) is 3.87. The van der Waals surface area contributed by atoms with E-state index in [0.29, 0.717) is 19.5 Å². The van der Waals surface area contributed by atoms with Crippen LogP contribution in [0.25, 0.3) is 0 Å². The molecule has 0 saturated heterocycles. The number of anilines is 1. The van der Waals surface area contributed by atoms with Gasteiger partial charge < -0.3 is 4.90 Å². The third kappa shape index (κ3) is 4.10. The molecule has 0 aliphatic rings. The van der Waals surface area contributed by atoms with Crippen molar-refractivity contribution in [1.82, 2.24) is 9.78 Å². The number of carbonyl (C=O) groups excluding carboxylic acids is 1. The smallest absolute Gasteiger partial charge is 0.229 e. The number of aryl methyl sites for hydroxylation is 2. The molecule has 2 aromatic carbocycles. The predicted molar refractivity (Wildman–Crippen MR) is 95.7 cm³/mol. The van der Waals surface area contributed by atoms with Crippen molar-refractivity contribution in [1.29, 1.82) is 0 Å². The molecule has 1 amide bonds. The first-order valence-electron chi connectivity index (χ1n) is 8.11. The van der Waals surface area contributed by atoms with Gasteiger partial charge in [0.1, 0.15) is 0 Å². The van der Waals surface area contributed by atoms with E-state index in [9.17, 15) is 4.79 Å². The minimum Gasteiger partial charge on any atom is -0.308 e. The number of benzene rings is 2. The molecule has 0 N–H and O–H groups in total. The summed E-state index contributed by atoms with van der Waals surface area (Å²) >= 11 is 0. The molecule has 0 saturated carbocycles. The average molecular weight is 319 g/mol. The highest BCUT2D eigenvalue weighted by Crippen LogP contribution is 2.18. The van der Waals surface area contributed by atoms with Crippen LogP contribution < -0.4 is 4.90 Å². The van der Waals surface area contributed by atoms with Crippen LogP contribution in [-0.2, 0) is 17.9 Å². The number of carbonyl (C=O) groups is 1. The van der Waals surface area contributed by atoms with E-state index in [1.807, 2.05) is 89.6 Å². The Kier molecular flexibility index (Phi) is 5.06. The van der Waals surface area contributed by atoms with Crippen LogP contribution in [0, 0.1) is 6.92 Å². The van der Waals surface area contributed by atoms with Crippen molar-refractivity contribution < 1.29 is 4.79 Å². The Morgan fingerprint density at radius 1 is 1.04 bits per heavy atom. The number of para-hydroxylation sites is 1. The van der Waals surface area contributed by atoms with Crippen molar-refractivity contribution in [2.24, 2.45) is 0 Å². The molecule has 4 nitrogen and oxygen atoms in total. The summed E-state index contributed by atoms with van der Waals surface area (Å²) in [6.45, 7) is 3.16. The molecule has 0 aliphatic carbocycles. The number of nitrogens with zero attached hydrogens (tertiary/aromatic N) is 3. The summed E-state index contributed by atoms with van der Waals surface area (Å²) in [6, 6.07) is 19.9. The number of hydrogen-bond acceptors (Lipinski definition) is 2. The Morgan fingerprint density at radius 3 is 2.33 bits per heavy atom. The molecule has 1 aromatic heterocycles. The molecule has 0 aliphatic heterocycles. The summed E-state index contributed by atoms with van der Waals surface area (Å²) < 4.78 is 1.82. The van der Waals surface area contributed by atoms with Crippen molar-refractivity contribution in [3.05, 3.63) is 84.2 Å². The molecule has 122 valence electrons. The summed E-state index contributed by atoms with van der Waals surface area (Å²) in [5, 5.41) is 4.25. The molecule has 3 aromatic rings. The first kappa shape index (κ1) is 16.0. The number of rotatable bonds is 6. The van der Waals surface area contributed by atoms with Gasteiger partial charge in [0.2, 0.25) is 5.91 Å². The zero-order valence-corrected chi connectivity index (χ0v) is 13.8. The highest BCUT2D eigenvalue weighted by Gasteiger charge is 2.16. The molecule has 0 bridgehead atoms. The fraction of sp³-hybridized carbons (Fsp3) is 0.200. The molecule has 24 heavy (non-hydrogen) atoms. The molecule has 4 heteroatoms. The second-order valence-electron chi connectivity index (χ2n) is 5.83. The van der Waals surface area contributed by atoms with E-state index >= 15 is 0 Å². The van der Waals surface area contributed by atoms with Crippen molar-refractivity contribution in [2.75, 3.05) is 4.90 Å². The minimum absolute atomic E-state index is 0.0956. The minimum atomic E-state index is 0.0956. The molecule has 0 spiro atoms. The van der Waals surface area contributed by atoms with Gasteiger partial charge in [0, 0.05) is 24.8 Å².